The zero-order valence-electron chi connectivity index (χ0n) is 16.7. The van der Waals surface area contributed by atoms with Gasteiger partial charge in [0.05, 0.1) is 16.9 Å². The first kappa shape index (κ1) is 21.6. The van der Waals surface area contributed by atoms with E-state index in [1.54, 1.807) is 36.7 Å². The summed E-state index contributed by atoms with van der Waals surface area (Å²) in [4.78, 5) is 38.4. The molecule has 2 aromatic heterocycles. The largest absolute Gasteiger partial charge is 0.461 e. The summed E-state index contributed by atoms with van der Waals surface area (Å²) in [5.74, 6) is 1.72. The number of anilines is 1. The summed E-state index contributed by atoms with van der Waals surface area (Å²) in [6, 6.07) is 5.29. The number of carbonyl (C=O) groups is 2. The molecule has 1 amide bonds. The van der Waals surface area contributed by atoms with Gasteiger partial charge >= 0.3 is 0 Å². The average molecular weight is 429 g/mol. The summed E-state index contributed by atoms with van der Waals surface area (Å²) in [5, 5.41) is 2.52. The lowest BCUT2D eigenvalue weighted by atomic mass is 9.97. The van der Waals surface area contributed by atoms with Crippen LogP contribution >= 0.6 is 11.8 Å². The zero-order valence-corrected chi connectivity index (χ0v) is 17.5. The molecular formula is C20H24N6O3S. The molecule has 2 aromatic rings. The number of hydrogen-bond acceptors (Lipinski definition) is 8. The molecule has 0 atom stereocenters. The second-order valence-corrected chi connectivity index (χ2v) is 7.58. The number of rotatable bonds is 8. The van der Waals surface area contributed by atoms with E-state index in [1.807, 2.05) is 0 Å². The molecule has 0 unspecified atom stereocenters. The predicted molar refractivity (Wildman–Crippen MR) is 118 cm³/mol. The van der Waals surface area contributed by atoms with Gasteiger partial charge < -0.3 is 20.4 Å². The van der Waals surface area contributed by atoms with Gasteiger partial charge in [-0.15, -0.1) is 0 Å². The average Bonchev–Trinajstić information content (AvgIpc) is 3.32. The lowest BCUT2D eigenvalue weighted by Crippen LogP contribution is -2.36. The first-order valence-electron chi connectivity index (χ1n) is 9.56. The van der Waals surface area contributed by atoms with E-state index in [2.05, 4.69) is 25.2 Å². The highest BCUT2D eigenvalue weighted by atomic mass is 32.2. The lowest BCUT2D eigenvalue weighted by Gasteiger charge is -2.31. The number of piperidine rings is 1. The van der Waals surface area contributed by atoms with Gasteiger partial charge in [-0.2, -0.15) is 0 Å². The van der Waals surface area contributed by atoms with Crippen molar-refractivity contribution in [3.8, 4) is 0 Å². The minimum absolute atomic E-state index is 0.280. The Morgan fingerprint density at radius 2 is 2.23 bits per heavy atom. The highest BCUT2D eigenvalue weighted by Gasteiger charge is 2.21. The molecule has 10 heteroatoms. The van der Waals surface area contributed by atoms with Crippen molar-refractivity contribution < 1.29 is 14.0 Å². The molecule has 3 rings (SSSR count). The Morgan fingerprint density at radius 3 is 2.90 bits per heavy atom. The van der Waals surface area contributed by atoms with Crippen molar-refractivity contribution in [2.45, 2.75) is 12.8 Å². The monoisotopic (exact) mass is 428 g/mol. The van der Waals surface area contributed by atoms with Crippen LogP contribution in [0.25, 0.3) is 6.08 Å². The quantitative estimate of drug-likeness (QED) is 0.282. The van der Waals surface area contributed by atoms with Crippen LogP contribution in [0.3, 0.4) is 0 Å². The number of hydrogen-bond donors (Lipinski definition) is 2. The van der Waals surface area contributed by atoms with Gasteiger partial charge in [0, 0.05) is 32.9 Å². The molecule has 158 valence electrons. The number of aliphatic imine (C=N–C) groups is 1. The van der Waals surface area contributed by atoms with Crippen molar-refractivity contribution in [1.29, 1.82) is 0 Å². The summed E-state index contributed by atoms with van der Waals surface area (Å²) in [6.45, 7) is 2.27. The van der Waals surface area contributed by atoms with Gasteiger partial charge in [-0.1, -0.05) is 0 Å². The van der Waals surface area contributed by atoms with Crippen LogP contribution in [-0.4, -0.2) is 54.0 Å². The fourth-order valence-corrected chi connectivity index (χ4v) is 3.60. The van der Waals surface area contributed by atoms with Gasteiger partial charge in [0.2, 0.25) is 5.95 Å². The van der Waals surface area contributed by atoms with Crippen molar-refractivity contribution in [2.24, 2.45) is 16.6 Å². The molecule has 1 saturated heterocycles. The molecule has 0 bridgehead atoms. The van der Waals surface area contributed by atoms with E-state index in [1.165, 1.54) is 7.05 Å². The van der Waals surface area contributed by atoms with Crippen LogP contribution in [0.2, 0.25) is 0 Å². The van der Waals surface area contributed by atoms with Gasteiger partial charge in [0.15, 0.2) is 17.2 Å². The third-order valence-corrected chi connectivity index (χ3v) is 5.41. The smallest absolute Gasteiger partial charge is 0.257 e. The number of thioether (sulfide) groups is 1. The number of nitrogens with one attached hydrogen (secondary N) is 1. The van der Waals surface area contributed by atoms with Crippen LogP contribution in [0.1, 0.15) is 24.3 Å². The van der Waals surface area contributed by atoms with E-state index in [4.69, 9.17) is 10.2 Å². The van der Waals surface area contributed by atoms with E-state index < -0.39 is 0 Å². The number of likely N-dealkylation sites (N-methyl/N-ethyl adjacent to an activating group) is 1. The van der Waals surface area contributed by atoms with Gasteiger partial charge in [0.25, 0.3) is 5.91 Å². The number of carbonyl (C=O) groups excluding carboxylic acids is 2. The van der Waals surface area contributed by atoms with Crippen LogP contribution in [0.4, 0.5) is 5.95 Å². The summed E-state index contributed by atoms with van der Waals surface area (Å²) in [7, 11) is 1.52. The zero-order chi connectivity index (χ0) is 21.3. The van der Waals surface area contributed by atoms with Crippen molar-refractivity contribution >= 4 is 41.1 Å². The molecule has 0 radical (unpaired) electrons. The Morgan fingerprint density at radius 1 is 1.43 bits per heavy atom. The fraction of sp³-hybridized carbons (Fsp3) is 0.350. The molecule has 9 nitrogen and oxygen atoms in total. The van der Waals surface area contributed by atoms with E-state index in [0.29, 0.717) is 41.3 Å². The molecule has 0 aromatic carbocycles. The van der Waals surface area contributed by atoms with Crippen LogP contribution in [0.5, 0.6) is 0 Å². The summed E-state index contributed by atoms with van der Waals surface area (Å²) < 4.78 is 5.25. The highest BCUT2D eigenvalue weighted by Crippen LogP contribution is 2.22. The number of amides is 1. The topological polar surface area (TPSA) is 127 Å². The summed E-state index contributed by atoms with van der Waals surface area (Å²) in [6.07, 6.45) is 6.71. The Bertz CT molecular complexity index is 920. The molecule has 1 aliphatic heterocycles. The maximum Gasteiger partial charge on any atom is 0.257 e. The van der Waals surface area contributed by atoms with Crippen molar-refractivity contribution in [2.75, 3.05) is 31.6 Å². The highest BCUT2D eigenvalue weighted by molar-refractivity contribution is 8.16. The minimum atomic E-state index is -0.331. The standard InChI is InChI=1S/C20H24N6O3S/c1-22-19(28)17(30-13-27)11-15-4-7-23-20(25-15)26-8-5-14(6-9-26)12-24-18(21)16-3-2-10-29-16/h2-4,7,10-11,13-14H,5-6,8-9,12H2,1H3,(H2,21,24)(H,22,28)/b17-11-. The number of nitrogens with zero attached hydrogens (tertiary/aromatic N) is 4. The summed E-state index contributed by atoms with van der Waals surface area (Å²) in [5.41, 5.74) is 7.15. The second kappa shape index (κ2) is 10.6. The van der Waals surface area contributed by atoms with Crippen LogP contribution in [-0.2, 0) is 9.59 Å². The Labute approximate surface area is 178 Å². The number of furan rings is 1. The Hall–Kier alpha value is -3.14. The number of aromatic nitrogens is 2. The van der Waals surface area contributed by atoms with Crippen molar-refractivity contribution in [3.05, 3.63) is 47.0 Å². The van der Waals surface area contributed by atoms with Crippen LogP contribution in [0, 0.1) is 5.92 Å². The van der Waals surface area contributed by atoms with E-state index >= 15 is 0 Å². The predicted octanol–water partition coefficient (Wildman–Crippen LogP) is 1.70. The van der Waals surface area contributed by atoms with Crippen LogP contribution < -0.4 is 16.0 Å². The third-order valence-electron chi connectivity index (χ3n) is 4.76. The molecule has 30 heavy (non-hydrogen) atoms. The van der Waals surface area contributed by atoms with Crippen molar-refractivity contribution in [1.82, 2.24) is 15.3 Å². The SMILES string of the molecule is CNC(=O)/C(=C/c1ccnc(N2CCC(CN=C(N)c3ccco3)CC2)n1)SC=O. The fourth-order valence-electron chi connectivity index (χ4n) is 3.10. The van der Waals surface area contributed by atoms with E-state index in [-0.39, 0.29) is 10.8 Å². The Balaban J connectivity index is 1.60. The Kier molecular flexibility index (Phi) is 7.61. The number of amidine groups is 1. The van der Waals surface area contributed by atoms with Gasteiger partial charge in [-0.05, 0) is 54.8 Å². The first-order valence-corrected chi connectivity index (χ1v) is 10.4. The molecule has 1 fully saturated rings. The van der Waals surface area contributed by atoms with Gasteiger partial charge in [-0.3, -0.25) is 14.6 Å². The molecule has 0 saturated carbocycles. The molecular weight excluding hydrogens is 404 g/mol. The van der Waals surface area contributed by atoms with Gasteiger partial charge in [0.1, 0.15) is 0 Å². The maximum absolute atomic E-state index is 11.9. The third kappa shape index (κ3) is 5.69. The maximum atomic E-state index is 11.9. The second-order valence-electron chi connectivity index (χ2n) is 6.72. The van der Waals surface area contributed by atoms with E-state index in [0.717, 1.165) is 37.7 Å². The minimum Gasteiger partial charge on any atom is -0.461 e. The molecule has 0 spiro atoms. The van der Waals surface area contributed by atoms with E-state index in [9.17, 15) is 9.59 Å². The number of nitrogens with two attached hydrogens (primary N) is 1. The molecule has 3 heterocycles. The normalized spacial score (nSPS) is 15.8. The lowest BCUT2D eigenvalue weighted by molar-refractivity contribution is -0.116. The molecule has 0 aliphatic carbocycles. The van der Waals surface area contributed by atoms with Crippen molar-refractivity contribution in [3.63, 3.8) is 0 Å². The van der Waals surface area contributed by atoms with Crippen LogP contribution in [0.15, 0.2) is 45.0 Å². The molecule has 1 aliphatic rings. The first-order chi connectivity index (χ1) is 14.6. The molecule has 3 N–H and O–H groups in total. The summed E-state index contributed by atoms with van der Waals surface area (Å²) >= 11 is 0.818. The van der Waals surface area contributed by atoms with Gasteiger partial charge in [-0.25, -0.2) is 9.97 Å².